The minimum atomic E-state index is -0.185. The minimum Gasteiger partial charge on any atom is -0.345 e. The number of halogens is 1. The van der Waals surface area contributed by atoms with Gasteiger partial charge in [-0.3, -0.25) is 9.59 Å². The molecule has 5 heteroatoms. The van der Waals surface area contributed by atoms with Crippen LogP contribution in [0.25, 0.3) is 0 Å². The molecule has 1 unspecified atom stereocenters. The Kier molecular flexibility index (Phi) is 6.04. The lowest BCUT2D eigenvalue weighted by Gasteiger charge is -2.16. The Bertz CT molecular complexity index is 940. The van der Waals surface area contributed by atoms with E-state index in [1.54, 1.807) is 36.4 Å². The van der Waals surface area contributed by atoms with E-state index in [0.717, 1.165) is 10.0 Å². The first-order chi connectivity index (χ1) is 13.0. The minimum absolute atomic E-state index is 0.134. The van der Waals surface area contributed by atoms with Gasteiger partial charge in [-0.05, 0) is 55.0 Å². The first kappa shape index (κ1) is 18.9. The third-order valence-electron chi connectivity index (χ3n) is 4.16. The average molecular weight is 423 g/mol. The van der Waals surface area contributed by atoms with Gasteiger partial charge >= 0.3 is 0 Å². The molecule has 3 aromatic rings. The van der Waals surface area contributed by atoms with Gasteiger partial charge in [0.2, 0.25) is 0 Å². The molecular weight excluding hydrogens is 404 g/mol. The molecule has 0 spiro atoms. The number of hydrogen-bond donors (Lipinski definition) is 2. The van der Waals surface area contributed by atoms with E-state index in [4.69, 9.17) is 0 Å². The molecule has 4 nitrogen and oxygen atoms in total. The summed E-state index contributed by atoms with van der Waals surface area (Å²) in [6, 6.07) is 23.5. The van der Waals surface area contributed by atoms with Crippen LogP contribution in [0.2, 0.25) is 0 Å². The second-order valence-electron chi connectivity index (χ2n) is 6.11. The Labute approximate surface area is 166 Å². The van der Waals surface area contributed by atoms with Crippen molar-refractivity contribution in [2.24, 2.45) is 0 Å². The van der Waals surface area contributed by atoms with Crippen molar-refractivity contribution in [3.05, 3.63) is 100 Å². The number of amides is 2. The average Bonchev–Trinajstić information content (AvgIpc) is 2.69. The number of carbonyl (C=O) groups is 2. The van der Waals surface area contributed by atoms with Crippen LogP contribution in [-0.2, 0) is 0 Å². The van der Waals surface area contributed by atoms with Gasteiger partial charge in [-0.1, -0.05) is 52.3 Å². The number of anilines is 1. The molecule has 2 N–H and O–H groups in total. The predicted molar refractivity (Wildman–Crippen MR) is 111 cm³/mol. The largest absolute Gasteiger partial charge is 0.345 e. The van der Waals surface area contributed by atoms with Gasteiger partial charge in [-0.15, -0.1) is 0 Å². The number of nitrogens with one attached hydrogen (secondary N) is 2. The topological polar surface area (TPSA) is 58.2 Å². The van der Waals surface area contributed by atoms with Gasteiger partial charge in [-0.25, -0.2) is 0 Å². The number of carbonyl (C=O) groups excluding carboxylic acids is 2. The summed E-state index contributed by atoms with van der Waals surface area (Å²) < 4.78 is 0.955. The van der Waals surface area contributed by atoms with E-state index in [-0.39, 0.29) is 17.9 Å². The number of hydrogen-bond acceptors (Lipinski definition) is 2. The summed E-state index contributed by atoms with van der Waals surface area (Å²) in [6.45, 7) is 1.94. The van der Waals surface area contributed by atoms with E-state index in [0.29, 0.717) is 16.8 Å². The van der Waals surface area contributed by atoms with Crippen LogP contribution >= 0.6 is 15.9 Å². The molecule has 0 fully saturated rings. The van der Waals surface area contributed by atoms with Gasteiger partial charge in [0.25, 0.3) is 11.8 Å². The maximum absolute atomic E-state index is 12.5. The lowest BCUT2D eigenvalue weighted by Crippen LogP contribution is -2.26. The van der Waals surface area contributed by atoms with Gasteiger partial charge < -0.3 is 10.6 Å². The van der Waals surface area contributed by atoms with Gasteiger partial charge in [0.1, 0.15) is 0 Å². The highest BCUT2D eigenvalue weighted by atomic mass is 79.9. The van der Waals surface area contributed by atoms with Gasteiger partial charge in [0, 0.05) is 21.3 Å². The Morgan fingerprint density at radius 2 is 1.37 bits per heavy atom. The maximum atomic E-state index is 12.5. The van der Waals surface area contributed by atoms with Crippen LogP contribution in [0.3, 0.4) is 0 Å². The summed E-state index contributed by atoms with van der Waals surface area (Å²) >= 11 is 3.50. The molecule has 0 heterocycles. The van der Waals surface area contributed by atoms with Crippen molar-refractivity contribution in [1.82, 2.24) is 5.32 Å². The van der Waals surface area contributed by atoms with Crippen molar-refractivity contribution in [3.8, 4) is 0 Å². The molecule has 1 atom stereocenters. The second-order valence-corrected chi connectivity index (χ2v) is 6.97. The van der Waals surface area contributed by atoms with Crippen LogP contribution in [-0.4, -0.2) is 11.8 Å². The summed E-state index contributed by atoms with van der Waals surface area (Å²) in [5.74, 6) is -0.352. The molecule has 27 heavy (non-hydrogen) atoms. The highest BCUT2D eigenvalue weighted by Crippen LogP contribution is 2.23. The maximum Gasteiger partial charge on any atom is 0.255 e. The lowest BCUT2D eigenvalue weighted by atomic mass is 10.1. The highest BCUT2D eigenvalue weighted by molar-refractivity contribution is 9.10. The molecule has 3 aromatic carbocycles. The van der Waals surface area contributed by atoms with Crippen LogP contribution in [0.15, 0.2) is 83.3 Å². The summed E-state index contributed by atoms with van der Waals surface area (Å²) in [6.07, 6.45) is 0. The van der Waals surface area contributed by atoms with Crippen LogP contribution in [0, 0.1) is 0 Å². The van der Waals surface area contributed by atoms with E-state index >= 15 is 0 Å². The molecule has 3 rings (SSSR count). The van der Waals surface area contributed by atoms with Gasteiger partial charge in [-0.2, -0.15) is 0 Å². The van der Waals surface area contributed by atoms with Crippen molar-refractivity contribution in [2.75, 3.05) is 5.32 Å². The smallest absolute Gasteiger partial charge is 0.255 e. The standard InChI is InChI=1S/C22H19BrN2O2/c1-15(19-9-5-6-10-20(19)23)24-21(26)17-11-13-18(14-12-17)25-22(27)16-7-3-2-4-8-16/h2-15H,1H3,(H,24,26)(H,25,27). The van der Waals surface area contributed by atoms with E-state index in [1.807, 2.05) is 49.4 Å². The molecule has 0 aliphatic heterocycles. The quantitative estimate of drug-likeness (QED) is 0.593. The molecule has 136 valence electrons. The third kappa shape index (κ3) is 4.83. The molecule has 0 radical (unpaired) electrons. The molecule has 0 aliphatic carbocycles. The fourth-order valence-electron chi connectivity index (χ4n) is 2.68. The van der Waals surface area contributed by atoms with E-state index in [9.17, 15) is 9.59 Å². The number of rotatable bonds is 5. The van der Waals surface area contributed by atoms with E-state index in [2.05, 4.69) is 26.6 Å². The normalized spacial score (nSPS) is 11.5. The Morgan fingerprint density at radius 1 is 0.778 bits per heavy atom. The Balaban J connectivity index is 1.64. The number of benzene rings is 3. The SMILES string of the molecule is CC(NC(=O)c1ccc(NC(=O)c2ccccc2)cc1)c1ccccc1Br. The molecule has 0 aromatic heterocycles. The molecule has 0 saturated heterocycles. The van der Waals surface area contributed by atoms with E-state index in [1.165, 1.54) is 0 Å². The van der Waals surface area contributed by atoms with Crippen molar-refractivity contribution >= 4 is 33.4 Å². The van der Waals surface area contributed by atoms with Crippen LogP contribution in [0.4, 0.5) is 5.69 Å². The molecule has 0 aliphatic rings. The third-order valence-corrected chi connectivity index (χ3v) is 4.88. The van der Waals surface area contributed by atoms with Crippen molar-refractivity contribution in [2.45, 2.75) is 13.0 Å². The summed E-state index contributed by atoms with van der Waals surface area (Å²) in [5, 5.41) is 5.80. The fraction of sp³-hybridized carbons (Fsp3) is 0.0909. The van der Waals surface area contributed by atoms with Crippen molar-refractivity contribution in [3.63, 3.8) is 0 Å². The fourth-order valence-corrected chi connectivity index (χ4v) is 3.31. The zero-order valence-electron chi connectivity index (χ0n) is 14.8. The summed E-state index contributed by atoms with van der Waals surface area (Å²) in [7, 11) is 0. The van der Waals surface area contributed by atoms with Crippen molar-refractivity contribution in [1.29, 1.82) is 0 Å². The molecule has 2 amide bonds. The predicted octanol–water partition coefficient (Wildman–Crippen LogP) is 5.19. The first-order valence-corrected chi connectivity index (χ1v) is 9.35. The first-order valence-electron chi connectivity index (χ1n) is 8.56. The van der Waals surface area contributed by atoms with Crippen LogP contribution in [0.1, 0.15) is 39.2 Å². The second kappa shape index (κ2) is 8.64. The highest BCUT2D eigenvalue weighted by Gasteiger charge is 2.13. The van der Waals surface area contributed by atoms with Gasteiger partial charge in [0.05, 0.1) is 6.04 Å². The summed E-state index contributed by atoms with van der Waals surface area (Å²) in [5.41, 5.74) is 2.77. The molecule has 0 saturated carbocycles. The van der Waals surface area contributed by atoms with Crippen molar-refractivity contribution < 1.29 is 9.59 Å². The molecule has 0 bridgehead atoms. The summed E-state index contributed by atoms with van der Waals surface area (Å²) in [4.78, 5) is 24.7. The van der Waals surface area contributed by atoms with Crippen LogP contribution < -0.4 is 10.6 Å². The Morgan fingerprint density at radius 3 is 2.04 bits per heavy atom. The Hall–Kier alpha value is -2.92. The monoisotopic (exact) mass is 422 g/mol. The van der Waals surface area contributed by atoms with E-state index < -0.39 is 0 Å². The lowest BCUT2D eigenvalue weighted by molar-refractivity contribution is 0.0939. The van der Waals surface area contributed by atoms with Crippen LogP contribution in [0.5, 0.6) is 0 Å². The zero-order valence-corrected chi connectivity index (χ0v) is 16.4. The van der Waals surface area contributed by atoms with Gasteiger partial charge in [0.15, 0.2) is 0 Å². The zero-order chi connectivity index (χ0) is 19.2. The molecular formula is C22H19BrN2O2.